The van der Waals surface area contributed by atoms with Gasteiger partial charge < -0.3 is 15.0 Å². The highest BCUT2D eigenvalue weighted by Crippen LogP contribution is 2.25. The number of anilines is 1. The Morgan fingerprint density at radius 2 is 2.25 bits per heavy atom. The summed E-state index contributed by atoms with van der Waals surface area (Å²) in [6, 6.07) is 8.20. The van der Waals surface area contributed by atoms with Gasteiger partial charge in [0.25, 0.3) is 0 Å². The lowest BCUT2D eigenvalue weighted by atomic mass is 10.0. The van der Waals surface area contributed by atoms with E-state index >= 15 is 0 Å². The Hall–Kier alpha value is -1.55. The quantitative estimate of drug-likeness (QED) is 0.839. The van der Waals surface area contributed by atoms with Crippen molar-refractivity contribution in [3.05, 3.63) is 29.8 Å². The van der Waals surface area contributed by atoms with Crippen LogP contribution in [0.15, 0.2) is 24.3 Å². The minimum atomic E-state index is -0.256. The van der Waals surface area contributed by atoms with E-state index in [1.54, 1.807) is 0 Å². The number of methoxy groups -OCH3 is 1. The van der Waals surface area contributed by atoms with E-state index in [9.17, 15) is 4.79 Å². The molecule has 1 atom stereocenters. The van der Waals surface area contributed by atoms with Crippen molar-refractivity contribution in [1.82, 2.24) is 5.32 Å². The van der Waals surface area contributed by atoms with Crippen LogP contribution >= 0.6 is 0 Å². The van der Waals surface area contributed by atoms with Crippen LogP contribution in [0.2, 0.25) is 0 Å². The Morgan fingerprint density at radius 3 is 3.00 bits per heavy atom. The molecule has 0 aliphatic carbocycles. The summed E-state index contributed by atoms with van der Waals surface area (Å²) in [5.41, 5.74) is 1.67. The molecule has 0 bridgehead atoms. The van der Waals surface area contributed by atoms with Gasteiger partial charge in [0.15, 0.2) is 0 Å². The average molecular weight is 276 g/mol. The molecule has 0 saturated carbocycles. The first-order chi connectivity index (χ1) is 9.77. The third-order valence-corrected chi connectivity index (χ3v) is 3.86. The first-order valence-corrected chi connectivity index (χ1v) is 7.42. The molecule has 1 aromatic rings. The lowest BCUT2D eigenvalue weighted by molar-refractivity contribution is 0.0601. The Kier molecular flexibility index (Phi) is 5.41. The molecule has 0 aromatic heterocycles. The fraction of sp³-hybridized carbons (Fsp3) is 0.562. The molecule has 110 valence electrons. The molecule has 1 saturated heterocycles. The van der Waals surface area contributed by atoms with Gasteiger partial charge in [-0.05, 0) is 18.6 Å². The number of piperazine rings is 1. The molecule has 2 rings (SSSR count). The molecule has 1 aromatic carbocycles. The summed E-state index contributed by atoms with van der Waals surface area (Å²) in [5, 5.41) is 3.45. The van der Waals surface area contributed by atoms with Crippen molar-refractivity contribution in [2.24, 2.45) is 0 Å². The van der Waals surface area contributed by atoms with Gasteiger partial charge in [-0.25, -0.2) is 4.79 Å². The SMILES string of the molecule is CCCC[C@@H]1CNCCN1c1ccccc1C(=O)OC. The third kappa shape index (κ3) is 3.31. The summed E-state index contributed by atoms with van der Waals surface area (Å²) in [7, 11) is 1.44. The predicted octanol–water partition coefficient (Wildman–Crippen LogP) is 2.44. The molecule has 20 heavy (non-hydrogen) atoms. The first-order valence-electron chi connectivity index (χ1n) is 7.42. The summed E-state index contributed by atoms with van der Waals surface area (Å²) in [6.45, 7) is 5.08. The highest BCUT2D eigenvalue weighted by molar-refractivity contribution is 5.95. The number of hydrogen-bond acceptors (Lipinski definition) is 4. The number of ether oxygens (including phenoxy) is 1. The summed E-state index contributed by atoms with van der Waals surface area (Å²) < 4.78 is 4.90. The van der Waals surface area contributed by atoms with Crippen molar-refractivity contribution in [2.45, 2.75) is 32.2 Å². The first kappa shape index (κ1) is 14.9. The maximum absolute atomic E-state index is 11.9. The van der Waals surface area contributed by atoms with Gasteiger partial charge in [-0.3, -0.25) is 0 Å². The second-order valence-corrected chi connectivity index (χ2v) is 5.20. The molecule has 0 radical (unpaired) electrons. The second kappa shape index (κ2) is 7.29. The van der Waals surface area contributed by atoms with Gasteiger partial charge in [0.2, 0.25) is 0 Å². The molecule has 4 nitrogen and oxygen atoms in total. The number of carbonyl (C=O) groups is 1. The van der Waals surface area contributed by atoms with Crippen molar-refractivity contribution in [2.75, 3.05) is 31.6 Å². The van der Waals surface area contributed by atoms with Crippen molar-refractivity contribution in [3.63, 3.8) is 0 Å². The van der Waals surface area contributed by atoms with Gasteiger partial charge in [-0.15, -0.1) is 0 Å². The van der Waals surface area contributed by atoms with Gasteiger partial charge >= 0.3 is 5.97 Å². The van der Waals surface area contributed by atoms with Gasteiger partial charge in [0, 0.05) is 25.7 Å². The maximum Gasteiger partial charge on any atom is 0.339 e. The number of rotatable bonds is 5. The standard InChI is InChI=1S/C16H24N2O2/c1-3-4-7-13-12-17-10-11-18(13)15-9-6-5-8-14(15)16(19)20-2/h5-6,8-9,13,17H,3-4,7,10-12H2,1-2H3/t13-/m1/s1. The van der Waals surface area contributed by atoms with Crippen LogP contribution in [0.25, 0.3) is 0 Å². The minimum absolute atomic E-state index is 0.256. The Bertz CT molecular complexity index is 448. The van der Waals surface area contributed by atoms with Crippen molar-refractivity contribution < 1.29 is 9.53 Å². The normalized spacial score (nSPS) is 18.9. The van der Waals surface area contributed by atoms with E-state index in [0.717, 1.165) is 31.7 Å². The Balaban J connectivity index is 2.25. The summed E-state index contributed by atoms with van der Waals surface area (Å²) >= 11 is 0. The monoisotopic (exact) mass is 276 g/mol. The molecular weight excluding hydrogens is 252 g/mol. The number of hydrogen-bond donors (Lipinski definition) is 1. The zero-order chi connectivity index (χ0) is 14.4. The van der Waals surface area contributed by atoms with E-state index in [0.29, 0.717) is 11.6 Å². The highest BCUT2D eigenvalue weighted by Gasteiger charge is 2.25. The van der Waals surface area contributed by atoms with E-state index in [1.165, 1.54) is 20.0 Å². The number of nitrogens with zero attached hydrogens (tertiary/aromatic N) is 1. The predicted molar refractivity (Wildman–Crippen MR) is 81.3 cm³/mol. The van der Waals surface area contributed by atoms with Crippen molar-refractivity contribution >= 4 is 11.7 Å². The molecule has 1 fully saturated rings. The fourth-order valence-corrected chi connectivity index (χ4v) is 2.78. The molecule has 1 N–H and O–H groups in total. The molecule has 0 amide bonds. The number of unbranched alkanes of at least 4 members (excludes halogenated alkanes) is 1. The van der Waals surface area contributed by atoms with E-state index in [4.69, 9.17) is 4.74 Å². The largest absolute Gasteiger partial charge is 0.465 e. The molecular formula is C16H24N2O2. The van der Waals surface area contributed by atoms with Crippen LogP contribution in [0.1, 0.15) is 36.5 Å². The van der Waals surface area contributed by atoms with Crippen LogP contribution in [-0.4, -0.2) is 38.8 Å². The number of benzene rings is 1. The van der Waals surface area contributed by atoms with E-state index in [1.807, 2.05) is 24.3 Å². The van der Waals surface area contributed by atoms with Crippen LogP contribution in [0.5, 0.6) is 0 Å². The zero-order valence-electron chi connectivity index (χ0n) is 12.4. The third-order valence-electron chi connectivity index (χ3n) is 3.86. The summed E-state index contributed by atoms with van der Waals surface area (Å²) in [5.74, 6) is -0.256. The summed E-state index contributed by atoms with van der Waals surface area (Å²) in [6.07, 6.45) is 3.56. The van der Waals surface area contributed by atoms with Crippen LogP contribution < -0.4 is 10.2 Å². The van der Waals surface area contributed by atoms with Gasteiger partial charge in [-0.1, -0.05) is 31.9 Å². The van der Waals surface area contributed by atoms with Crippen LogP contribution in [0.3, 0.4) is 0 Å². The smallest absolute Gasteiger partial charge is 0.339 e. The lowest BCUT2D eigenvalue weighted by Gasteiger charge is -2.39. The van der Waals surface area contributed by atoms with Crippen molar-refractivity contribution in [3.8, 4) is 0 Å². The highest BCUT2D eigenvalue weighted by atomic mass is 16.5. The van der Waals surface area contributed by atoms with Crippen LogP contribution in [-0.2, 0) is 4.74 Å². The summed E-state index contributed by atoms with van der Waals surface area (Å²) in [4.78, 5) is 14.3. The fourth-order valence-electron chi connectivity index (χ4n) is 2.78. The van der Waals surface area contributed by atoms with E-state index in [2.05, 4.69) is 17.1 Å². The number of esters is 1. The molecule has 4 heteroatoms. The van der Waals surface area contributed by atoms with Gasteiger partial charge in [-0.2, -0.15) is 0 Å². The lowest BCUT2D eigenvalue weighted by Crippen LogP contribution is -2.51. The van der Waals surface area contributed by atoms with Crippen molar-refractivity contribution in [1.29, 1.82) is 0 Å². The van der Waals surface area contributed by atoms with Crippen LogP contribution in [0, 0.1) is 0 Å². The molecule has 1 heterocycles. The second-order valence-electron chi connectivity index (χ2n) is 5.20. The van der Waals surface area contributed by atoms with E-state index < -0.39 is 0 Å². The minimum Gasteiger partial charge on any atom is -0.465 e. The van der Waals surface area contributed by atoms with Gasteiger partial charge in [0.1, 0.15) is 0 Å². The molecule has 1 aliphatic heterocycles. The molecule has 1 aliphatic rings. The molecule has 0 unspecified atom stereocenters. The number of para-hydroxylation sites is 1. The maximum atomic E-state index is 11.9. The Morgan fingerprint density at radius 1 is 1.45 bits per heavy atom. The Labute approximate surface area is 121 Å². The van der Waals surface area contributed by atoms with E-state index in [-0.39, 0.29) is 5.97 Å². The average Bonchev–Trinajstić information content (AvgIpc) is 2.52. The number of carbonyl (C=O) groups excluding carboxylic acids is 1. The van der Waals surface area contributed by atoms with Crippen LogP contribution in [0.4, 0.5) is 5.69 Å². The topological polar surface area (TPSA) is 41.6 Å². The molecule has 0 spiro atoms. The number of nitrogens with one attached hydrogen (secondary N) is 1. The zero-order valence-corrected chi connectivity index (χ0v) is 12.4. The van der Waals surface area contributed by atoms with Gasteiger partial charge in [0.05, 0.1) is 18.4 Å².